The van der Waals surface area contributed by atoms with Crippen LogP contribution in [0.4, 0.5) is 10.5 Å². The molecule has 0 saturated carbocycles. The van der Waals surface area contributed by atoms with Gasteiger partial charge < -0.3 is 20.3 Å². The normalized spacial score (nSPS) is 16.0. The second kappa shape index (κ2) is 9.71. The second-order valence-corrected chi connectivity index (χ2v) is 8.01. The number of amides is 2. The number of anilines is 1. The molecule has 1 aliphatic rings. The molecule has 2 N–H and O–H groups in total. The molecule has 1 aliphatic heterocycles. The van der Waals surface area contributed by atoms with Crippen LogP contribution in [0.25, 0.3) is 0 Å². The third kappa shape index (κ3) is 8.41. The van der Waals surface area contributed by atoms with Crippen LogP contribution in [0.2, 0.25) is 0 Å². The first-order valence-corrected chi connectivity index (χ1v) is 9.48. The maximum Gasteiger partial charge on any atom is 0.407 e. The minimum Gasteiger partial charge on any atom is -0.444 e. The Balaban J connectivity index is 1.74. The van der Waals surface area contributed by atoms with E-state index in [0.29, 0.717) is 0 Å². The molecule has 0 radical (unpaired) electrons. The number of hydrogen-bond acceptors (Lipinski definition) is 5. The van der Waals surface area contributed by atoms with Gasteiger partial charge in [0.25, 0.3) is 0 Å². The summed E-state index contributed by atoms with van der Waals surface area (Å²) in [6.45, 7) is 10.8. The maximum atomic E-state index is 12.1. The lowest BCUT2D eigenvalue weighted by Gasteiger charge is -2.32. The number of ether oxygens (including phenoxy) is 1. The molecule has 0 atom stereocenters. The lowest BCUT2D eigenvalue weighted by Crippen LogP contribution is -2.43. The predicted molar refractivity (Wildman–Crippen MR) is 107 cm³/mol. The van der Waals surface area contributed by atoms with Crippen molar-refractivity contribution in [3.05, 3.63) is 29.8 Å². The fourth-order valence-electron chi connectivity index (χ4n) is 2.83. The number of hydrogen-bond donors (Lipinski definition) is 2. The van der Waals surface area contributed by atoms with Gasteiger partial charge in [0, 0.05) is 51.4 Å². The summed E-state index contributed by atoms with van der Waals surface area (Å²) in [6.07, 6.45) is -0.313. The van der Waals surface area contributed by atoms with Crippen molar-refractivity contribution in [3.63, 3.8) is 0 Å². The van der Waals surface area contributed by atoms with Crippen LogP contribution < -0.4 is 10.6 Å². The first kappa shape index (κ1) is 21.2. The Morgan fingerprint density at radius 2 is 1.85 bits per heavy atom. The fourth-order valence-corrected chi connectivity index (χ4v) is 2.83. The molecule has 2 rings (SSSR count). The number of alkyl carbamates (subject to hydrolysis) is 1. The number of rotatable bonds is 6. The van der Waals surface area contributed by atoms with Crippen molar-refractivity contribution in [2.24, 2.45) is 0 Å². The molecular formula is C20H32N4O3. The summed E-state index contributed by atoms with van der Waals surface area (Å²) in [5.41, 5.74) is 1.42. The van der Waals surface area contributed by atoms with Crippen molar-refractivity contribution < 1.29 is 14.3 Å². The second-order valence-electron chi connectivity index (χ2n) is 8.01. The van der Waals surface area contributed by atoms with Crippen LogP contribution in [0, 0.1) is 0 Å². The molecule has 150 valence electrons. The summed E-state index contributed by atoms with van der Waals surface area (Å²) in [7, 11) is 2.14. The van der Waals surface area contributed by atoms with Crippen LogP contribution in [0.5, 0.6) is 0 Å². The van der Waals surface area contributed by atoms with Gasteiger partial charge in [-0.2, -0.15) is 0 Å². The van der Waals surface area contributed by atoms with E-state index in [1.54, 1.807) is 20.8 Å². The third-order valence-electron chi connectivity index (χ3n) is 4.23. The Hall–Kier alpha value is -2.12. The van der Waals surface area contributed by atoms with Crippen molar-refractivity contribution in [1.82, 2.24) is 15.1 Å². The number of carbonyl (C=O) groups excluding carboxylic acids is 2. The average Bonchev–Trinajstić information content (AvgIpc) is 2.55. The van der Waals surface area contributed by atoms with E-state index in [2.05, 4.69) is 33.5 Å². The molecule has 1 fully saturated rings. The predicted octanol–water partition coefficient (Wildman–Crippen LogP) is 2.29. The molecule has 1 aromatic rings. The molecule has 1 saturated heterocycles. The van der Waals surface area contributed by atoms with E-state index in [1.165, 1.54) is 5.56 Å². The van der Waals surface area contributed by atoms with E-state index in [-0.39, 0.29) is 18.9 Å². The third-order valence-corrected chi connectivity index (χ3v) is 4.23. The number of likely N-dealkylation sites (N-methyl/N-ethyl adjacent to an activating group) is 1. The number of benzene rings is 1. The topological polar surface area (TPSA) is 73.9 Å². The molecule has 0 aliphatic carbocycles. The molecule has 2 amide bonds. The maximum absolute atomic E-state index is 12.1. The van der Waals surface area contributed by atoms with E-state index in [1.807, 2.05) is 18.2 Å². The van der Waals surface area contributed by atoms with Gasteiger partial charge >= 0.3 is 6.09 Å². The van der Waals surface area contributed by atoms with Gasteiger partial charge in [-0.25, -0.2) is 4.79 Å². The van der Waals surface area contributed by atoms with Crippen LogP contribution in [0.15, 0.2) is 24.3 Å². The fraction of sp³-hybridized carbons (Fsp3) is 0.600. The summed E-state index contributed by atoms with van der Waals surface area (Å²) >= 11 is 0. The Morgan fingerprint density at radius 1 is 1.15 bits per heavy atom. The van der Waals surface area contributed by atoms with Crippen LogP contribution >= 0.6 is 0 Å². The lowest BCUT2D eigenvalue weighted by atomic mass is 10.1. The number of nitrogens with one attached hydrogen (secondary N) is 2. The van der Waals surface area contributed by atoms with Crippen LogP contribution in [-0.4, -0.2) is 67.2 Å². The number of nitrogens with zero attached hydrogens (tertiary/aromatic N) is 2. The van der Waals surface area contributed by atoms with Crippen LogP contribution in [0.3, 0.4) is 0 Å². The first-order valence-electron chi connectivity index (χ1n) is 9.48. The van der Waals surface area contributed by atoms with E-state index < -0.39 is 11.7 Å². The van der Waals surface area contributed by atoms with Crippen molar-refractivity contribution >= 4 is 17.7 Å². The summed E-state index contributed by atoms with van der Waals surface area (Å²) in [4.78, 5) is 28.4. The quantitative estimate of drug-likeness (QED) is 0.797. The monoisotopic (exact) mass is 376 g/mol. The Bertz CT molecular complexity index is 634. The molecule has 0 spiro atoms. The lowest BCUT2D eigenvalue weighted by molar-refractivity contribution is -0.116. The van der Waals surface area contributed by atoms with E-state index in [0.717, 1.165) is 38.4 Å². The van der Waals surface area contributed by atoms with E-state index >= 15 is 0 Å². The van der Waals surface area contributed by atoms with Crippen molar-refractivity contribution in [2.45, 2.75) is 39.3 Å². The molecule has 1 heterocycles. The highest BCUT2D eigenvalue weighted by molar-refractivity contribution is 5.91. The molecule has 1 aromatic carbocycles. The van der Waals surface area contributed by atoms with E-state index in [4.69, 9.17) is 4.74 Å². The molecule has 27 heavy (non-hydrogen) atoms. The summed E-state index contributed by atoms with van der Waals surface area (Å²) < 4.78 is 5.14. The molecule has 0 unspecified atom stereocenters. The Morgan fingerprint density at radius 3 is 2.52 bits per heavy atom. The van der Waals surface area contributed by atoms with Gasteiger partial charge in [-0.3, -0.25) is 9.69 Å². The van der Waals surface area contributed by atoms with Gasteiger partial charge in [-0.15, -0.1) is 0 Å². The zero-order valence-electron chi connectivity index (χ0n) is 16.9. The minimum atomic E-state index is -0.545. The Kier molecular flexibility index (Phi) is 7.62. The summed E-state index contributed by atoms with van der Waals surface area (Å²) in [5, 5.41) is 5.48. The van der Waals surface area contributed by atoms with Gasteiger partial charge in [0.2, 0.25) is 5.91 Å². The number of carbonyl (C=O) groups is 2. The summed E-state index contributed by atoms with van der Waals surface area (Å²) in [6, 6.07) is 7.93. The van der Waals surface area contributed by atoms with Gasteiger partial charge in [0.1, 0.15) is 5.60 Å². The summed E-state index contributed by atoms with van der Waals surface area (Å²) in [5.74, 6) is -0.136. The standard InChI is InChI=1S/C20H32N4O3/c1-20(2,3)27-19(26)21-9-8-18(25)22-17-7-5-6-16(14-17)15-24-12-10-23(4)11-13-24/h5-7,14H,8-13,15H2,1-4H3,(H,21,26)(H,22,25). The highest BCUT2D eigenvalue weighted by atomic mass is 16.6. The van der Waals surface area contributed by atoms with Crippen LogP contribution in [0.1, 0.15) is 32.8 Å². The highest BCUT2D eigenvalue weighted by Crippen LogP contribution is 2.14. The van der Waals surface area contributed by atoms with E-state index in [9.17, 15) is 9.59 Å². The van der Waals surface area contributed by atoms with Gasteiger partial charge in [0.15, 0.2) is 0 Å². The molecule has 7 heteroatoms. The SMILES string of the molecule is CN1CCN(Cc2cccc(NC(=O)CCNC(=O)OC(C)(C)C)c2)CC1. The van der Waals surface area contributed by atoms with Crippen molar-refractivity contribution in [2.75, 3.05) is 45.1 Å². The minimum absolute atomic E-state index is 0.136. The Labute approximate surface area is 162 Å². The molecule has 7 nitrogen and oxygen atoms in total. The average molecular weight is 377 g/mol. The largest absolute Gasteiger partial charge is 0.444 e. The van der Waals surface area contributed by atoms with Gasteiger partial charge in [-0.1, -0.05) is 12.1 Å². The zero-order valence-corrected chi connectivity index (χ0v) is 16.9. The zero-order chi connectivity index (χ0) is 19.9. The smallest absolute Gasteiger partial charge is 0.407 e. The van der Waals surface area contributed by atoms with Crippen molar-refractivity contribution in [1.29, 1.82) is 0 Å². The molecule has 0 bridgehead atoms. The highest BCUT2D eigenvalue weighted by Gasteiger charge is 2.16. The first-order chi connectivity index (χ1) is 12.7. The van der Waals surface area contributed by atoms with Crippen LogP contribution in [-0.2, 0) is 16.1 Å². The van der Waals surface area contributed by atoms with Crippen molar-refractivity contribution in [3.8, 4) is 0 Å². The molecule has 0 aromatic heterocycles. The van der Waals surface area contributed by atoms with Gasteiger partial charge in [0.05, 0.1) is 0 Å². The van der Waals surface area contributed by atoms with Gasteiger partial charge in [-0.05, 0) is 45.5 Å². The molecular weight excluding hydrogens is 344 g/mol. The number of piperazine rings is 1.